The van der Waals surface area contributed by atoms with Crippen molar-refractivity contribution >= 4 is 18.6 Å². The summed E-state index contributed by atoms with van der Waals surface area (Å²) >= 11 is 0. The van der Waals surface area contributed by atoms with Gasteiger partial charge in [-0.25, -0.2) is 0 Å². The van der Waals surface area contributed by atoms with Crippen LogP contribution in [0.5, 0.6) is 0 Å². The zero-order valence-electron chi connectivity index (χ0n) is 12.3. The molecule has 5 nitrogen and oxygen atoms in total. The van der Waals surface area contributed by atoms with Crippen LogP contribution in [0.15, 0.2) is 30.3 Å². The lowest BCUT2D eigenvalue weighted by atomic mass is 10.0. The average Bonchev–Trinajstić information content (AvgIpc) is 2.89. The first-order valence-corrected chi connectivity index (χ1v) is 8.80. The number of rotatable bonds is 5. The third-order valence-electron chi connectivity index (χ3n) is 3.89. The summed E-state index contributed by atoms with van der Waals surface area (Å²) in [4.78, 5) is 21.9. The second-order valence-corrected chi connectivity index (χ2v) is 7.82. The summed E-state index contributed by atoms with van der Waals surface area (Å²) in [5.41, 5.74) is -1.50. The molecule has 0 radical (unpaired) electrons. The summed E-state index contributed by atoms with van der Waals surface area (Å²) in [7, 11) is -3.60. The van der Waals surface area contributed by atoms with Gasteiger partial charge in [-0.1, -0.05) is 25.1 Å². The molecule has 1 aromatic rings. The molecule has 0 spiro atoms. The van der Waals surface area contributed by atoms with Crippen LogP contribution in [0.4, 0.5) is 0 Å². The fraction of sp³-hybridized carbons (Fsp3) is 0.533. The van der Waals surface area contributed by atoms with E-state index in [0.717, 1.165) is 0 Å². The Morgan fingerprint density at radius 2 is 2.14 bits per heavy atom. The van der Waals surface area contributed by atoms with Gasteiger partial charge in [0.2, 0.25) is 7.37 Å². The maximum Gasteiger partial charge on any atom is 0.305 e. The summed E-state index contributed by atoms with van der Waals surface area (Å²) < 4.78 is 23.7. The first-order chi connectivity index (χ1) is 9.90. The van der Waals surface area contributed by atoms with E-state index in [1.165, 1.54) is 0 Å². The Balaban J connectivity index is 2.21. The molecule has 21 heavy (non-hydrogen) atoms. The van der Waals surface area contributed by atoms with E-state index in [4.69, 9.17) is 9.47 Å². The molecule has 0 aromatic heterocycles. The fourth-order valence-electron chi connectivity index (χ4n) is 2.64. The molecule has 3 unspecified atom stereocenters. The molecule has 1 saturated heterocycles. The number of carbonyl (C=O) groups is 1. The van der Waals surface area contributed by atoms with Crippen molar-refractivity contribution in [3.63, 3.8) is 0 Å². The van der Waals surface area contributed by atoms with Crippen molar-refractivity contribution in [2.75, 3.05) is 13.2 Å². The fourth-order valence-corrected chi connectivity index (χ4v) is 4.94. The first kappa shape index (κ1) is 16.2. The number of benzene rings is 1. The van der Waals surface area contributed by atoms with E-state index in [2.05, 4.69) is 0 Å². The number of carbonyl (C=O) groups excluding carboxylic acids is 1. The minimum Gasteiger partial charge on any atom is -0.463 e. The van der Waals surface area contributed by atoms with E-state index in [-0.39, 0.29) is 19.0 Å². The maximum absolute atomic E-state index is 12.9. The molecular weight excluding hydrogens is 291 g/mol. The topological polar surface area (TPSA) is 72.8 Å². The Kier molecular flexibility index (Phi) is 4.87. The lowest BCUT2D eigenvalue weighted by molar-refractivity contribution is -0.150. The van der Waals surface area contributed by atoms with Crippen LogP contribution in [0.25, 0.3) is 0 Å². The second-order valence-electron chi connectivity index (χ2n) is 5.44. The highest BCUT2D eigenvalue weighted by Gasteiger charge is 2.51. The Morgan fingerprint density at radius 3 is 2.76 bits per heavy atom. The van der Waals surface area contributed by atoms with E-state index < -0.39 is 18.6 Å². The van der Waals surface area contributed by atoms with Gasteiger partial charge in [-0.05, 0) is 25.5 Å². The van der Waals surface area contributed by atoms with Crippen LogP contribution >= 0.6 is 7.37 Å². The highest BCUT2D eigenvalue weighted by atomic mass is 31.2. The molecule has 0 saturated carbocycles. The first-order valence-electron chi connectivity index (χ1n) is 7.08. The Hall–Kier alpha value is -1.16. The zero-order valence-corrected chi connectivity index (χ0v) is 13.2. The van der Waals surface area contributed by atoms with Crippen molar-refractivity contribution in [1.29, 1.82) is 0 Å². The van der Waals surface area contributed by atoms with Gasteiger partial charge >= 0.3 is 5.97 Å². The van der Waals surface area contributed by atoms with Crippen molar-refractivity contribution in [3.8, 4) is 0 Å². The molecular formula is C15H21O5P. The molecule has 0 aliphatic carbocycles. The van der Waals surface area contributed by atoms with Crippen LogP contribution in [0.2, 0.25) is 0 Å². The predicted octanol–water partition coefficient (Wildman–Crippen LogP) is 2.08. The average molecular weight is 312 g/mol. The summed E-state index contributed by atoms with van der Waals surface area (Å²) in [6, 6.07) is 8.58. The lowest BCUT2D eigenvalue weighted by Gasteiger charge is -2.32. The van der Waals surface area contributed by atoms with Gasteiger partial charge < -0.3 is 14.4 Å². The van der Waals surface area contributed by atoms with Crippen LogP contribution in [0.3, 0.4) is 0 Å². The normalized spacial score (nSPS) is 28.0. The molecule has 1 aliphatic rings. The monoisotopic (exact) mass is 312 g/mol. The summed E-state index contributed by atoms with van der Waals surface area (Å²) in [6.07, 6.45) is 0.749. The van der Waals surface area contributed by atoms with Gasteiger partial charge in [-0.15, -0.1) is 0 Å². The van der Waals surface area contributed by atoms with E-state index in [1.54, 1.807) is 44.2 Å². The van der Waals surface area contributed by atoms with Crippen molar-refractivity contribution in [3.05, 3.63) is 30.3 Å². The van der Waals surface area contributed by atoms with Gasteiger partial charge in [0.15, 0.2) is 0 Å². The Labute approximate surface area is 124 Å². The number of esters is 1. The summed E-state index contributed by atoms with van der Waals surface area (Å²) in [5.74, 6) is -0.335. The Morgan fingerprint density at radius 1 is 1.48 bits per heavy atom. The predicted molar refractivity (Wildman–Crippen MR) is 79.9 cm³/mol. The van der Waals surface area contributed by atoms with Gasteiger partial charge in [0.25, 0.3) is 0 Å². The second kappa shape index (κ2) is 6.30. The number of hydrogen-bond donors (Lipinski definition) is 1. The molecule has 1 heterocycles. The maximum atomic E-state index is 12.9. The molecule has 0 amide bonds. The van der Waals surface area contributed by atoms with Gasteiger partial charge in [0, 0.05) is 18.3 Å². The Bertz CT molecular complexity index is 544. The van der Waals surface area contributed by atoms with Crippen LogP contribution < -0.4 is 5.30 Å². The van der Waals surface area contributed by atoms with E-state index in [0.29, 0.717) is 18.3 Å². The standard InChI is InChI=1S/C15H21O5P/c1-3-14(16)19-11-15(2)13(9-10-20-15)21(17,18)12-7-5-4-6-8-12/h4-8,13H,3,9-11H2,1-2H3,(H,17,18). The van der Waals surface area contributed by atoms with Crippen molar-refractivity contribution < 1.29 is 23.7 Å². The lowest BCUT2D eigenvalue weighted by Crippen LogP contribution is -2.42. The molecule has 1 N–H and O–H groups in total. The summed E-state index contributed by atoms with van der Waals surface area (Å²) in [5, 5.41) is 0.411. The minimum absolute atomic E-state index is 0.00171. The van der Waals surface area contributed by atoms with Crippen LogP contribution in [0, 0.1) is 0 Å². The zero-order chi connectivity index (χ0) is 15.5. The number of hydrogen-bond acceptors (Lipinski definition) is 4. The van der Waals surface area contributed by atoms with Crippen molar-refractivity contribution in [2.24, 2.45) is 0 Å². The van der Waals surface area contributed by atoms with Crippen molar-refractivity contribution in [1.82, 2.24) is 0 Å². The summed E-state index contributed by atoms with van der Waals surface area (Å²) in [6.45, 7) is 3.84. The molecule has 1 fully saturated rings. The van der Waals surface area contributed by atoms with Crippen LogP contribution in [-0.4, -0.2) is 35.3 Å². The molecule has 2 rings (SSSR count). The molecule has 0 bridgehead atoms. The van der Waals surface area contributed by atoms with Gasteiger partial charge in [-0.2, -0.15) is 0 Å². The van der Waals surface area contributed by atoms with Crippen molar-refractivity contribution in [2.45, 2.75) is 37.9 Å². The van der Waals surface area contributed by atoms with Gasteiger partial charge in [0.05, 0.1) is 5.66 Å². The van der Waals surface area contributed by atoms with Crippen LogP contribution in [-0.2, 0) is 18.8 Å². The van der Waals surface area contributed by atoms with Crippen LogP contribution in [0.1, 0.15) is 26.7 Å². The van der Waals surface area contributed by atoms with Gasteiger partial charge in [0.1, 0.15) is 12.2 Å². The molecule has 6 heteroatoms. The minimum atomic E-state index is -3.60. The number of ether oxygens (including phenoxy) is 2. The van der Waals surface area contributed by atoms with Gasteiger partial charge in [-0.3, -0.25) is 9.36 Å². The highest BCUT2D eigenvalue weighted by Crippen LogP contribution is 2.54. The quantitative estimate of drug-likeness (QED) is 0.666. The largest absolute Gasteiger partial charge is 0.463 e. The SMILES string of the molecule is CCC(=O)OCC1(C)OCCC1P(=O)(O)c1ccccc1. The molecule has 3 atom stereocenters. The molecule has 116 valence electrons. The van der Waals surface area contributed by atoms with E-state index >= 15 is 0 Å². The third kappa shape index (κ3) is 3.37. The van der Waals surface area contributed by atoms with E-state index in [1.807, 2.05) is 0 Å². The molecule has 1 aliphatic heterocycles. The van der Waals surface area contributed by atoms with E-state index in [9.17, 15) is 14.3 Å². The third-order valence-corrected chi connectivity index (χ3v) is 6.57. The smallest absolute Gasteiger partial charge is 0.305 e. The molecule has 1 aromatic carbocycles. The highest BCUT2D eigenvalue weighted by molar-refractivity contribution is 7.66.